The number of benzene rings is 2. The summed E-state index contributed by atoms with van der Waals surface area (Å²) in [5, 5.41) is 6.32. The molecule has 2 heterocycles. The number of piperidine rings is 1. The van der Waals surface area contributed by atoms with Gasteiger partial charge in [-0.05, 0) is 68.0 Å². The number of nitrogens with zero attached hydrogens (tertiary/aromatic N) is 3. The second-order valence-electron chi connectivity index (χ2n) is 11.2. The summed E-state index contributed by atoms with van der Waals surface area (Å²) in [6.07, 6.45) is 1.04. The fraction of sp³-hybridized carbons (Fsp3) is 0.500. The Balaban J connectivity index is 1.51. The Morgan fingerprint density at radius 3 is 2.08 bits per heavy atom. The molecule has 0 radical (unpaired) electrons. The van der Waals surface area contributed by atoms with E-state index < -0.39 is 15.4 Å². The van der Waals surface area contributed by atoms with Gasteiger partial charge in [0.25, 0.3) is 5.91 Å². The van der Waals surface area contributed by atoms with Gasteiger partial charge in [-0.25, -0.2) is 13.4 Å². The molecule has 9 heteroatoms. The van der Waals surface area contributed by atoms with Gasteiger partial charge in [0.05, 0.1) is 36.3 Å². The van der Waals surface area contributed by atoms with Crippen molar-refractivity contribution in [3.63, 3.8) is 0 Å². The molecule has 2 aromatic carbocycles. The Morgan fingerprint density at radius 1 is 0.946 bits per heavy atom. The Bertz CT molecular complexity index is 1300. The maximum Gasteiger partial charge on any atom is 0.254 e. The Hall–Kier alpha value is -2.91. The number of rotatable bonds is 6. The zero-order chi connectivity index (χ0) is 27.2. The van der Waals surface area contributed by atoms with Crippen LogP contribution < -0.4 is 9.47 Å². The summed E-state index contributed by atoms with van der Waals surface area (Å²) in [5.74, 6) is 1.09. The van der Waals surface area contributed by atoms with Gasteiger partial charge in [-0.2, -0.15) is 9.41 Å². The summed E-state index contributed by atoms with van der Waals surface area (Å²) in [6.45, 7) is 10.7. The maximum atomic E-state index is 13.4. The summed E-state index contributed by atoms with van der Waals surface area (Å²) in [4.78, 5) is 13.7. The molecule has 0 spiro atoms. The predicted octanol–water partition coefficient (Wildman–Crippen LogP) is 4.43. The molecular weight excluding hydrogens is 490 g/mol. The topological polar surface area (TPSA) is 88.5 Å². The highest BCUT2D eigenvalue weighted by Gasteiger charge is 2.47. The van der Waals surface area contributed by atoms with Crippen LogP contribution in [0.25, 0.3) is 0 Å². The number of sulfonamides is 1. The van der Waals surface area contributed by atoms with Crippen molar-refractivity contribution in [1.29, 1.82) is 0 Å². The van der Waals surface area contributed by atoms with Gasteiger partial charge in [-0.3, -0.25) is 4.79 Å². The van der Waals surface area contributed by atoms with E-state index in [1.807, 2.05) is 38.1 Å². The third-order valence-electron chi connectivity index (χ3n) is 7.33. The van der Waals surface area contributed by atoms with Gasteiger partial charge in [0.2, 0.25) is 10.0 Å². The van der Waals surface area contributed by atoms with E-state index >= 15 is 0 Å². The first kappa shape index (κ1) is 27.1. The number of hydrogen-bond acceptors (Lipinski definition) is 6. The molecule has 0 aromatic heterocycles. The second-order valence-corrected chi connectivity index (χ2v) is 13.1. The second kappa shape index (κ2) is 9.76. The molecule has 2 aromatic rings. The van der Waals surface area contributed by atoms with E-state index in [4.69, 9.17) is 14.6 Å². The van der Waals surface area contributed by atoms with Crippen LogP contribution in [0, 0.1) is 5.41 Å². The van der Waals surface area contributed by atoms with Crippen LogP contribution >= 0.6 is 0 Å². The number of methoxy groups -OCH3 is 2. The molecule has 0 bridgehead atoms. The molecule has 1 fully saturated rings. The Kier molecular flexibility index (Phi) is 7.16. The lowest BCUT2D eigenvalue weighted by Gasteiger charge is -2.35. The highest BCUT2D eigenvalue weighted by molar-refractivity contribution is 7.89. The summed E-state index contributed by atoms with van der Waals surface area (Å²) in [5.41, 5.74) is 1.66. The van der Waals surface area contributed by atoms with Gasteiger partial charge in [0.15, 0.2) is 11.5 Å². The number of hydrogen-bond donors (Lipinski definition) is 0. The highest BCUT2D eigenvalue weighted by Crippen LogP contribution is 2.38. The van der Waals surface area contributed by atoms with Crippen molar-refractivity contribution >= 4 is 21.6 Å². The molecule has 0 unspecified atom stereocenters. The normalized spacial score (nSPS) is 19.2. The molecule has 2 aliphatic heterocycles. The van der Waals surface area contributed by atoms with E-state index in [-0.39, 0.29) is 17.4 Å². The quantitative estimate of drug-likeness (QED) is 0.555. The highest BCUT2D eigenvalue weighted by atomic mass is 32.2. The van der Waals surface area contributed by atoms with Gasteiger partial charge in [0, 0.05) is 18.7 Å². The molecule has 8 nitrogen and oxygen atoms in total. The smallest absolute Gasteiger partial charge is 0.254 e. The van der Waals surface area contributed by atoms with Crippen molar-refractivity contribution in [2.45, 2.75) is 63.8 Å². The van der Waals surface area contributed by atoms with Crippen LogP contribution in [0.4, 0.5) is 0 Å². The third kappa shape index (κ3) is 4.99. The van der Waals surface area contributed by atoms with Crippen molar-refractivity contribution in [1.82, 2.24) is 9.31 Å². The number of amides is 1. The van der Waals surface area contributed by atoms with E-state index in [9.17, 15) is 13.2 Å². The molecule has 0 saturated carbocycles. The lowest BCUT2D eigenvalue weighted by Crippen LogP contribution is -2.47. The minimum absolute atomic E-state index is 0.0486. The standard InChI is InChI=1S/C28H37N3O5S/c1-27(2,3)20-9-11-22(12-10-20)37(33,34)30-16-14-21(15-17-30)31-26(32)28(4,5)25(29-31)19-8-13-23(35-6)24(18-19)36-7/h8-13,18,21H,14-17H2,1-7H3. The van der Waals surface area contributed by atoms with E-state index in [1.54, 1.807) is 37.4 Å². The Labute approximate surface area is 220 Å². The number of carbonyl (C=O) groups is 1. The minimum atomic E-state index is -3.61. The van der Waals surface area contributed by atoms with Crippen LogP contribution in [-0.2, 0) is 20.2 Å². The first-order valence-corrected chi connectivity index (χ1v) is 14.0. The van der Waals surface area contributed by atoms with Gasteiger partial charge >= 0.3 is 0 Å². The monoisotopic (exact) mass is 527 g/mol. The molecule has 0 aliphatic carbocycles. The molecule has 1 saturated heterocycles. The molecule has 0 atom stereocenters. The van der Waals surface area contributed by atoms with Gasteiger partial charge in [0.1, 0.15) is 0 Å². The molecule has 2 aliphatic rings. The molecule has 37 heavy (non-hydrogen) atoms. The minimum Gasteiger partial charge on any atom is -0.493 e. The average molecular weight is 528 g/mol. The fourth-order valence-corrected chi connectivity index (χ4v) is 6.39. The SMILES string of the molecule is COc1ccc(C2=NN(C3CCN(S(=O)(=O)c4ccc(C(C)(C)C)cc4)CC3)C(=O)C2(C)C)cc1OC. The zero-order valence-corrected chi connectivity index (χ0v) is 23.6. The van der Waals surface area contributed by atoms with Crippen LogP contribution in [0.2, 0.25) is 0 Å². The lowest BCUT2D eigenvalue weighted by molar-refractivity contribution is -0.137. The first-order valence-electron chi connectivity index (χ1n) is 12.6. The Morgan fingerprint density at radius 2 is 1.54 bits per heavy atom. The molecule has 200 valence electrons. The lowest BCUT2D eigenvalue weighted by atomic mass is 9.83. The third-order valence-corrected chi connectivity index (χ3v) is 9.24. The van der Waals surface area contributed by atoms with E-state index in [2.05, 4.69) is 20.8 Å². The van der Waals surface area contributed by atoms with Crippen LogP contribution in [0.15, 0.2) is 52.5 Å². The summed E-state index contributed by atoms with van der Waals surface area (Å²) in [7, 11) is -0.460. The maximum absolute atomic E-state index is 13.4. The zero-order valence-electron chi connectivity index (χ0n) is 22.7. The van der Waals surface area contributed by atoms with Crippen LogP contribution in [0.1, 0.15) is 58.6 Å². The van der Waals surface area contributed by atoms with Crippen LogP contribution in [-0.4, -0.2) is 62.7 Å². The predicted molar refractivity (Wildman–Crippen MR) is 144 cm³/mol. The van der Waals surface area contributed by atoms with Crippen LogP contribution in [0.3, 0.4) is 0 Å². The van der Waals surface area contributed by atoms with Crippen molar-refractivity contribution in [3.8, 4) is 11.5 Å². The van der Waals surface area contributed by atoms with E-state index in [0.29, 0.717) is 48.0 Å². The molecular formula is C28H37N3O5S. The van der Waals surface area contributed by atoms with E-state index in [0.717, 1.165) is 11.1 Å². The van der Waals surface area contributed by atoms with Crippen molar-refractivity contribution in [2.75, 3.05) is 27.3 Å². The molecule has 4 rings (SSSR count). The summed E-state index contributed by atoms with van der Waals surface area (Å²) >= 11 is 0. The number of ether oxygens (including phenoxy) is 2. The van der Waals surface area contributed by atoms with Gasteiger partial charge in [-0.1, -0.05) is 32.9 Å². The van der Waals surface area contributed by atoms with Crippen LogP contribution in [0.5, 0.6) is 11.5 Å². The number of hydrazone groups is 1. The molecule has 0 N–H and O–H groups in total. The fourth-order valence-electron chi connectivity index (χ4n) is 4.92. The van der Waals surface area contributed by atoms with Crippen molar-refractivity contribution in [2.24, 2.45) is 10.5 Å². The average Bonchev–Trinajstić information content (AvgIpc) is 3.11. The summed E-state index contributed by atoms with van der Waals surface area (Å²) < 4.78 is 38.9. The molecule has 1 amide bonds. The van der Waals surface area contributed by atoms with E-state index in [1.165, 1.54) is 4.31 Å². The van der Waals surface area contributed by atoms with Crippen molar-refractivity contribution in [3.05, 3.63) is 53.6 Å². The number of carbonyl (C=O) groups excluding carboxylic acids is 1. The van der Waals surface area contributed by atoms with Crippen molar-refractivity contribution < 1.29 is 22.7 Å². The largest absolute Gasteiger partial charge is 0.493 e. The van der Waals surface area contributed by atoms with Gasteiger partial charge < -0.3 is 9.47 Å². The first-order chi connectivity index (χ1) is 17.3. The van der Waals surface area contributed by atoms with Gasteiger partial charge in [-0.15, -0.1) is 0 Å². The summed E-state index contributed by atoms with van der Waals surface area (Å²) in [6, 6.07) is 12.5.